The van der Waals surface area contributed by atoms with E-state index in [0.29, 0.717) is 25.6 Å². The van der Waals surface area contributed by atoms with Crippen molar-refractivity contribution < 1.29 is 9.09 Å². The molecular formula is C13H21O2P. The molecule has 0 fully saturated rings. The number of terminal acetylenes is 1. The Morgan fingerprint density at radius 1 is 1.38 bits per heavy atom. The normalized spacial score (nSPS) is 14.8. The van der Waals surface area contributed by atoms with Crippen LogP contribution in [-0.2, 0) is 9.09 Å². The smallest absolute Gasteiger partial charge is 0.220 e. The van der Waals surface area contributed by atoms with E-state index in [1.54, 1.807) is 26.0 Å². The quantitative estimate of drug-likeness (QED) is 0.279. The van der Waals surface area contributed by atoms with Crippen molar-refractivity contribution in [3.05, 3.63) is 25.3 Å². The Balaban J connectivity index is 4.75. The number of rotatable bonds is 8. The van der Waals surface area contributed by atoms with Gasteiger partial charge in [0.15, 0.2) is 0 Å². The highest BCUT2D eigenvalue weighted by atomic mass is 31.2. The molecule has 1 unspecified atom stereocenters. The molecule has 0 saturated heterocycles. The average molecular weight is 240 g/mol. The van der Waals surface area contributed by atoms with Crippen LogP contribution in [0, 0.1) is 12.3 Å². The number of hydrogen-bond acceptors (Lipinski definition) is 2. The van der Waals surface area contributed by atoms with Gasteiger partial charge in [0.25, 0.3) is 0 Å². The lowest BCUT2D eigenvalue weighted by Gasteiger charge is -2.29. The van der Waals surface area contributed by atoms with Crippen LogP contribution >= 0.6 is 7.37 Å². The lowest BCUT2D eigenvalue weighted by atomic mass is 10.2. The van der Waals surface area contributed by atoms with Crippen LogP contribution in [0.1, 0.15) is 26.7 Å². The van der Waals surface area contributed by atoms with E-state index in [-0.39, 0.29) is 0 Å². The first-order chi connectivity index (χ1) is 7.43. The Morgan fingerprint density at radius 3 is 2.38 bits per heavy atom. The molecule has 90 valence electrons. The SMILES string of the molecule is C#CC(C)(C)P(=O)(CCC=C)OCCC=C. The third-order valence-electron chi connectivity index (χ3n) is 2.45. The molecule has 0 bridgehead atoms. The highest BCUT2D eigenvalue weighted by Crippen LogP contribution is 2.59. The molecule has 0 N–H and O–H groups in total. The van der Waals surface area contributed by atoms with E-state index in [1.807, 2.05) is 0 Å². The Labute approximate surface area is 99.2 Å². The van der Waals surface area contributed by atoms with Gasteiger partial charge >= 0.3 is 0 Å². The molecule has 0 aliphatic carbocycles. The van der Waals surface area contributed by atoms with Gasteiger partial charge in [-0.3, -0.25) is 4.57 Å². The highest BCUT2D eigenvalue weighted by molar-refractivity contribution is 7.61. The Hall–Kier alpha value is -0.770. The van der Waals surface area contributed by atoms with Crippen molar-refractivity contribution in [3.63, 3.8) is 0 Å². The molecule has 1 atom stereocenters. The van der Waals surface area contributed by atoms with Crippen molar-refractivity contribution in [2.75, 3.05) is 12.8 Å². The van der Waals surface area contributed by atoms with E-state index in [9.17, 15) is 4.57 Å². The minimum atomic E-state index is -2.82. The molecule has 0 aliphatic rings. The minimum absolute atomic E-state index is 0.406. The molecule has 0 aromatic heterocycles. The van der Waals surface area contributed by atoms with Crippen molar-refractivity contribution in [1.29, 1.82) is 0 Å². The van der Waals surface area contributed by atoms with Crippen LogP contribution in [0.25, 0.3) is 0 Å². The largest absolute Gasteiger partial charge is 0.327 e. The molecule has 0 heterocycles. The van der Waals surface area contributed by atoms with Gasteiger partial charge in [0.2, 0.25) is 7.37 Å². The van der Waals surface area contributed by atoms with Crippen LogP contribution < -0.4 is 0 Å². The van der Waals surface area contributed by atoms with Crippen molar-refractivity contribution in [2.24, 2.45) is 0 Å². The molecule has 0 aromatic rings. The second-order valence-electron chi connectivity index (χ2n) is 4.09. The summed E-state index contributed by atoms with van der Waals surface area (Å²) in [6, 6.07) is 0. The summed E-state index contributed by atoms with van der Waals surface area (Å²) in [4.78, 5) is 0. The van der Waals surface area contributed by atoms with Crippen LogP contribution in [0.4, 0.5) is 0 Å². The maximum atomic E-state index is 12.7. The zero-order valence-electron chi connectivity index (χ0n) is 10.2. The van der Waals surface area contributed by atoms with Gasteiger partial charge < -0.3 is 4.52 Å². The maximum Gasteiger partial charge on any atom is 0.220 e. The summed E-state index contributed by atoms with van der Waals surface area (Å²) in [5.74, 6) is 2.57. The van der Waals surface area contributed by atoms with Crippen molar-refractivity contribution in [3.8, 4) is 12.3 Å². The Morgan fingerprint density at radius 2 is 1.94 bits per heavy atom. The summed E-state index contributed by atoms with van der Waals surface area (Å²) in [7, 11) is -2.82. The zero-order valence-corrected chi connectivity index (χ0v) is 11.1. The summed E-state index contributed by atoms with van der Waals surface area (Å²) < 4.78 is 18.2. The van der Waals surface area contributed by atoms with E-state index < -0.39 is 12.5 Å². The van der Waals surface area contributed by atoms with Gasteiger partial charge in [-0.25, -0.2) is 0 Å². The molecule has 2 nitrogen and oxygen atoms in total. The van der Waals surface area contributed by atoms with Gasteiger partial charge in [-0.1, -0.05) is 18.1 Å². The van der Waals surface area contributed by atoms with Gasteiger partial charge in [0, 0.05) is 6.16 Å². The van der Waals surface area contributed by atoms with Crippen molar-refractivity contribution in [1.82, 2.24) is 0 Å². The summed E-state index contributed by atoms with van der Waals surface area (Å²) in [6.07, 6.45) is 10.7. The van der Waals surface area contributed by atoms with Gasteiger partial charge in [-0.15, -0.1) is 19.6 Å². The van der Waals surface area contributed by atoms with Crippen LogP contribution in [0.3, 0.4) is 0 Å². The number of allylic oxidation sites excluding steroid dienone is 1. The van der Waals surface area contributed by atoms with Gasteiger partial charge in [0.1, 0.15) is 5.16 Å². The van der Waals surface area contributed by atoms with Gasteiger partial charge in [-0.2, -0.15) is 0 Å². The molecular weight excluding hydrogens is 219 g/mol. The van der Waals surface area contributed by atoms with Crippen LogP contribution in [0.2, 0.25) is 0 Å². The fraction of sp³-hybridized carbons (Fsp3) is 0.538. The number of hydrogen-bond donors (Lipinski definition) is 0. The third-order valence-corrected chi connectivity index (χ3v) is 5.73. The predicted molar refractivity (Wildman–Crippen MR) is 71.0 cm³/mol. The fourth-order valence-electron chi connectivity index (χ4n) is 1.15. The second-order valence-corrected chi connectivity index (χ2v) is 7.26. The standard InChI is InChI=1S/C13H21O2P/c1-6-9-11-15-16(14,12-10-7-2)13(4,5)8-3/h3,6-7H,1-2,9-12H2,4-5H3. The third kappa shape index (κ3) is 4.00. The molecule has 0 saturated carbocycles. The van der Waals surface area contributed by atoms with Crippen LogP contribution in [-0.4, -0.2) is 17.9 Å². The summed E-state index contributed by atoms with van der Waals surface area (Å²) >= 11 is 0. The summed E-state index contributed by atoms with van der Waals surface area (Å²) in [5, 5.41) is -0.725. The van der Waals surface area contributed by atoms with Crippen LogP contribution in [0.5, 0.6) is 0 Å². The van der Waals surface area contributed by atoms with E-state index in [4.69, 9.17) is 10.9 Å². The van der Waals surface area contributed by atoms with E-state index in [1.165, 1.54) is 0 Å². The van der Waals surface area contributed by atoms with Gasteiger partial charge in [-0.05, 0) is 26.7 Å². The highest BCUT2D eigenvalue weighted by Gasteiger charge is 2.39. The molecule has 0 spiro atoms. The fourth-order valence-corrected chi connectivity index (χ4v) is 3.28. The molecule has 0 radical (unpaired) electrons. The molecule has 0 amide bonds. The lowest BCUT2D eigenvalue weighted by molar-refractivity contribution is 0.309. The summed E-state index contributed by atoms with van der Waals surface area (Å²) in [5.41, 5.74) is 0. The Bertz CT molecular complexity index is 323. The van der Waals surface area contributed by atoms with Crippen LogP contribution in [0.15, 0.2) is 25.3 Å². The summed E-state index contributed by atoms with van der Waals surface area (Å²) in [6.45, 7) is 11.2. The lowest BCUT2D eigenvalue weighted by Crippen LogP contribution is -2.21. The minimum Gasteiger partial charge on any atom is -0.327 e. The molecule has 16 heavy (non-hydrogen) atoms. The molecule has 0 aromatic carbocycles. The first kappa shape index (κ1) is 15.2. The Kier molecular flexibility index (Phi) is 6.41. The molecule has 0 rings (SSSR count). The molecule has 3 heteroatoms. The topological polar surface area (TPSA) is 26.3 Å². The average Bonchev–Trinajstić information content (AvgIpc) is 2.26. The first-order valence-corrected chi connectivity index (χ1v) is 7.18. The monoisotopic (exact) mass is 240 g/mol. The van der Waals surface area contributed by atoms with Crippen molar-refractivity contribution in [2.45, 2.75) is 31.8 Å². The van der Waals surface area contributed by atoms with E-state index in [2.05, 4.69) is 19.1 Å². The van der Waals surface area contributed by atoms with E-state index >= 15 is 0 Å². The molecule has 0 aliphatic heterocycles. The maximum absolute atomic E-state index is 12.7. The second kappa shape index (κ2) is 6.74. The predicted octanol–water partition coefficient (Wildman–Crippen LogP) is 3.85. The first-order valence-electron chi connectivity index (χ1n) is 5.37. The van der Waals surface area contributed by atoms with Gasteiger partial charge in [0.05, 0.1) is 6.61 Å². The zero-order chi connectivity index (χ0) is 12.7. The van der Waals surface area contributed by atoms with E-state index in [0.717, 1.165) is 0 Å². The van der Waals surface area contributed by atoms with Crippen molar-refractivity contribution >= 4 is 7.37 Å².